The van der Waals surface area contributed by atoms with E-state index in [1.807, 2.05) is 42.6 Å². The van der Waals surface area contributed by atoms with E-state index in [1.54, 1.807) is 0 Å². The fourth-order valence-electron chi connectivity index (χ4n) is 4.36. The Kier molecular flexibility index (Phi) is 8.41. The van der Waals surface area contributed by atoms with Crippen LogP contribution in [0.4, 0.5) is 5.00 Å². The minimum atomic E-state index is -0.479. The average molecular weight is 511 g/mol. The molecule has 1 fully saturated rings. The first-order chi connectivity index (χ1) is 17.0. The minimum absolute atomic E-state index is 0.151. The second-order valence-corrected chi connectivity index (χ2v) is 10.4. The summed E-state index contributed by atoms with van der Waals surface area (Å²) in [5, 5.41) is 14.8. The summed E-state index contributed by atoms with van der Waals surface area (Å²) in [7, 11) is 1.34. The number of carbonyl (C=O) groups excluding carboxylic acids is 2. The number of benzene rings is 1. The summed E-state index contributed by atoms with van der Waals surface area (Å²) >= 11 is 2.66. The van der Waals surface area contributed by atoms with Gasteiger partial charge in [0.25, 0.3) is 0 Å². The van der Waals surface area contributed by atoms with E-state index in [4.69, 9.17) is 4.74 Å². The Morgan fingerprint density at radius 1 is 1.23 bits per heavy atom. The number of anilines is 1. The van der Waals surface area contributed by atoms with Gasteiger partial charge in [-0.15, -0.1) is 28.1 Å². The van der Waals surface area contributed by atoms with Gasteiger partial charge < -0.3 is 14.6 Å². The average Bonchev–Trinajstić information content (AvgIpc) is 3.47. The number of methoxy groups -OCH3 is 1. The van der Waals surface area contributed by atoms with Crippen LogP contribution in [-0.4, -0.2) is 39.5 Å². The highest BCUT2D eigenvalue weighted by molar-refractivity contribution is 7.99. The summed E-state index contributed by atoms with van der Waals surface area (Å²) in [6.07, 6.45) is 7.78. The van der Waals surface area contributed by atoms with E-state index in [-0.39, 0.29) is 11.7 Å². The lowest BCUT2D eigenvalue weighted by molar-refractivity contribution is -0.113. The van der Waals surface area contributed by atoms with Gasteiger partial charge in [0.15, 0.2) is 5.16 Å². The molecule has 0 bridgehead atoms. The predicted molar refractivity (Wildman–Crippen MR) is 141 cm³/mol. The van der Waals surface area contributed by atoms with Crippen LogP contribution in [0.2, 0.25) is 0 Å². The zero-order valence-corrected chi connectivity index (χ0v) is 21.7. The number of thiophene rings is 1. The second kappa shape index (κ2) is 11.7. The molecule has 35 heavy (non-hydrogen) atoms. The number of amides is 1. The number of hydrogen-bond acceptors (Lipinski definition) is 7. The van der Waals surface area contributed by atoms with E-state index in [0.717, 1.165) is 35.4 Å². The first-order valence-electron chi connectivity index (χ1n) is 11.7. The van der Waals surface area contributed by atoms with Crippen molar-refractivity contribution >= 4 is 40.0 Å². The molecule has 0 radical (unpaired) electrons. The number of esters is 1. The Morgan fingerprint density at radius 2 is 1.97 bits per heavy atom. The third kappa shape index (κ3) is 5.85. The lowest BCUT2D eigenvalue weighted by Gasteiger charge is -2.21. The van der Waals surface area contributed by atoms with Crippen molar-refractivity contribution in [2.75, 3.05) is 18.2 Å². The number of aryl methyl sites for hydroxylation is 1. The van der Waals surface area contributed by atoms with E-state index in [9.17, 15) is 9.59 Å². The Labute approximate surface area is 214 Å². The third-order valence-electron chi connectivity index (χ3n) is 6.16. The molecule has 184 valence electrons. The number of carbonyl (C=O) groups is 2. The molecule has 1 amide bonds. The number of hydrogen-bond donors (Lipinski definition) is 1. The predicted octanol–water partition coefficient (Wildman–Crippen LogP) is 6.07. The van der Waals surface area contributed by atoms with Crippen LogP contribution >= 0.6 is 23.1 Å². The summed E-state index contributed by atoms with van der Waals surface area (Å²) in [6.45, 7) is 6.49. The van der Waals surface area contributed by atoms with Crippen molar-refractivity contribution in [3.05, 3.63) is 59.3 Å². The molecule has 1 saturated carbocycles. The molecule has 1 aromatic carbocycles. The maximum absolute atomic E-state index is 12.9. The Bertz CT molecular complexity index is 1190. The van der Waals surface area contributed by atoms with Gasteiger partial charge in [0, 0.05) is 23.4 Å². The van der Waals surface area contributed by atoms with Crippen molar-refractivity contribution in [3.63, 3.8) is 0 Å². The first-order valence-corrected chi connectivity index (χ1v) is 13.6. The molecular weight excluding hydrogens is 480 g/mol. The monoisotopic (exact) mass is 510 g/mol. The number of ether oxygens (including phenoxy) is 1. The fourth-order valence-corrected chi connectivity index (χ4v) is 6.09. The zero-order valence-electron chi connectivity index (χ0n) is 20.1. The van der Waals surface area contributed by atoms with Gasteiger partial charge in [0.1, 0.15) is 16.4 Å². The first kappa shape index (κ1) is 25.2. The molecule has 3 aromatic rings. The molecule has 1 aliphatic carbocycles. The molecule has 7 nitrogen and oxygen atoms in total. The number of allylic oxidation sites excluding steroid dienone is 1. The number of nitrogens with zero attached hydrogens (tertiary/aromatic N) is 3. The van der Waals surface area contributed by atoms with Gasteiger partial charge in [-0.05, 0) is 25.3 Å². The van der Waals surface area contributed by atoms with Crippen molar-refractivity contribution < 1.29 is 14.3 Å². The number of thioether (sulfide) groups is 1. The van der Waals surface area contributed by atoms with Gasteiger partial charge in [0.2, 0.25) is 5.91 Å². The smallest absolute Gasteiger partial charge is 0.341 e. The molecule has 0 atom stereocenters. The maximum atomic E-state index is 12.9. The normalized spacial score (nSPS) is 14.0. The van der Waals surface area contributed by atoms with Crippen molar-refractivity contribution in [1.82, 2.24) is 14.8 Å². The molecule has 2 aromatic heterocycles. The largest absolute Gasteiger partial charge is 0.465 e. The van der Waals surface area contributed by atoms with Crippen molar-refractivity contribution in [3.8, 4) is 11.1 Å². The molecule has 1 N–H and O–H groups in total. The van der Waals surface area contributed by atoms with Crippen LogP contribution in [0.15, 0.2) is 47.5 Å². The van der Waals surface area contributed by atoms with Gasteiger partial charge in [-0.2, -0.15) is 0 Å². The molecule has 0 saturated heterocycles. The standard InChI is InChI=1S/C26H30N4O3S2/c1-4-14-30-23(19-8-6-5-7-9-19)28-29-26(30)35-16-21(31)27-24-22(25(32)33-3)20(15-34-24)18-12-10-17(2)11-13-18/h4,10-13,15,19H,1,5-9,14,16H2,2-3H3,(H,27,31). The van der Waals surface area contributed by atoms with Gasteiger partial charge in [-0.3, -0.25) is 4.79 Å². The van der Waals surface area contributed by atoms with Crippen molar-refractivity contribution in [2.24, 2.45) is 0 Å². The lowest BCUT2D eigenvalue weighted by Crippen LogP contribution is -2.17. The number of aromatic nitrogens is 3. The quantitative estimate of drug-likeness (QED) is 0.214. The van der Waals surface area contributed by atoms with Crippen LogP contribution in [0.1, 0.15) is 59.8 Å². The molecule has 2 heterocycles. The van der Waals surface area contributed by atoms with Gasteiger partial charge in [-0.25, -0.2) is 4.79 Å². The molecule has 4 rings (SSSR count). The van der Waals surface area contributed by atoms with Gasteiger partial charge >= 0.3 is 5.97 Å². The lowest BCUT2D eigenvalue weighted by atomic mass is 9.89. The molecule has 0 aliphatic heterocycles. The zero-order chi connectivity index (χ0) is 24.8. The van der Waals surface area contributed by atoms with Crippen LogP contribution in [0.3, 0.4) is 0 Å². The number of nitrogens with one attached hydrogen (secondary N) is 1. The minimum Gasteiger partial charge on any atom is -0.465 e. The summed E-state index contributed by atoms with van der Waals surface area (Å²) in [6, 6.07) is 7.90. The van der Waals surface area contributed by atoms with Crippen LogP contribution in [0, 0.1) is 6.92 Å². The second-order valence-electron chi connectivity index (χ2n) is 8.62. The topological polar surface area (TPSA) is 86.1 Å². The van der Waals surface area contributed by atoms with Crippen LogP contribution in [0.5, 0.6) is 0 Å². The highest BCUT2D eigenvalue weighted by atomic mass is 32.2. The van der Waals surface area contributed by atoms with Gasteiger partial charge in [-0.1, -0.05) is 66.9 Å². The van der Waals surface area contributed by atoms with Crippen LogP contribution < -0.4 is 5.32 Å². The highest BCUT2D eigenvalue weighted by Gasteiger charge is 2.25. The molecule has 0 spiro atoms. The van der Waals surface area contributed by atoms with E-state index in [1.165, 1.54) is 49.5 Å². The molecule has 1 aliphatic rings. The number of rotatable bonds is 9. The summed E-state index contributed by atoms with van der Waals surface area (Å²) in [4.78, 5) is 25.4. The van der Waals surface area contributed by atoms with Crippen LogP contribution in [-0.2, 0) is 16.1 Å². The van der Waals surface area contributed by atoms with E-state index >= 15 is 0 Å². The summed E-state index contributed by atoms with van der Waals surface area (Å²) < 4.78 is 7.09. The molecule has 9 heteroatoms. The Balaban J connectivity index is 1.48. The molecular formula is C26H30N4O3S2. The van der Waals surface area contributed by atoms with Gasteiger partial charge in [0.05, 0.1) is 12.9 Å². The van der Waals surface area contributed by atoms with E-state index in [2.05, 4.69) is 26.7 Å². The third-order valence-corrected chi connectivity index (χ3v) is 8.02. The fraction of sp³-hybridized carbons (Fsp3) is 0.385. The van der Waals surface area contributed by atoms with Crippen molar-refractivity contribution in [1.29, 1.82) is 0 Å². The maximum Gasteiger partial charge on any atom is 0.341 e. The van der Waals surface area contributed by atoms with Crippen LogP contribution in [0.25, 0.3) is 11.1 Å². The van der Waals surface area contributed by atoms with E-state index in [0.29, 0.717) is 28.2 Å². The molecule has 0 unspecified atom stereocenters. The summed E-state index contributed by atoms with van der Waals surface area (Å²) in [5.74, 6) is 0.852. The SMILES string of the molecule is C=CCn1c(SCC(=O)Nc2scc(-c3ccc(C)cc3)c2C(=O)OC)nnc1C1CCCCC1. The van der Waals surface area contributed by atoms with E-state index < -0.39 is 5.97 Å². The Morgan fingerprint density at radius 3 is 2.66 bits per heavy atom. The Hall–Kier alpha value is -2.91. The van der Waals surface area contributed by atoms with Crippen molar-refractivity contribution in [2.45, 2.75) is 56.6 Å². The highest BCUT2D eigenvalue weighted by Crippen LogP contribution is 2.37. The summed E-state index contributed by atoms with van der Waals surface area (Å²) in [5.41, 5.74) is 3.14.